The van der Waals surface area contributed by atoms with Crippen LogP contribution in [0.3, 0.4) is 0 Å². The van der Waals surface area contributed by atoms with E-state index in [2.05, 4.69) is 10.2 Å². The van der Waals surface area contributed by atoms with Gasteiger partial charge < -0.3 is 19.7 Å². The first-order valence-electron chi connectivity index (χ1n) is 9.76. The second-order valence-corrected chi connectivity index (χ2v) is 8.03. The lowest BCUT2D eigenvalue weighted by atomic mass is 9.96. The number of nitrogens with zero attached hydrogens (tertiary/aromatic N) is 2. The molecule has 4 fully saturated rings. The van der Waals surface area contributed by atoms with Crippen molar-refractivity contribution in [1.29, 1.82) is 0 Å². The third-order valence-corrected chi connectivity index (χ3v) is 6.12. The quantitative estimate of drug-likeness (QED) is 0.850. The van der Waals surface area contributed by atoms with Crippen molar-refractivity contribution in [1.82, 2.24) is 15.1 Å². The van der Waals surface area contributed by atoms with Gasteiger partial charge in [-0.25, -0.2) is 4.79 Å². The highest BCUT2D eigenvalue weighted by Crippen LogP contribution is 2.36. The number of hydrogen-bond acceptors (Lipinski definition) is 4. The van der Waals surface area contributed by atoms with E-state index >= 15 is 0 Å². The number of amides is 2. The molecule has 3 aliphatic heterocycles. The minimum absolute atomic E-state index is 0.0480. The van der Waals surface area contributed by atoms with Gasteiger partial charge >= 0.3 is 6.03 Å². The van der Waals surface area contributed by atoms with Crippen LogP contribution in [-0.2, 0) is 9.47 Å². The SMILES string of the molecule is O=C(NC1CCCCC1)N1CCN(CC2CCC3(COC3)O2)CC1. The van der Waals surface area contributed by atoms with Crippen molar-refractivity contribution >= 4 is 6.03 Å². The third kappa shape index (κ3) is 3.70. The Labute approximate surface area is 144 Å². The highest BCUT2D eigenvalue weighted by atomic mass is 16.6. The predicted molar refractivity (Wildman–Crippen MR) is 91.1 cm³/mol. The number of ether oxygens (including phenoxy) is 2. The van der Waals surface area contributed by atoms with Crippen molar-refractivity contribution in [3.8, 4) is 0 Å². The Kier molecular flexibility index (Phi) is 4.97. The van der Waals surface area contributed by atoms with E-state index in [-0.39, 0.29) is 11.6 Å². The van der Waals surface area contributed by atoms with Crippen LogP contribution >= 0.6 is 0 Å². The zero-order valence-corrected chi connectivity index (χ0v) is 14.7. The van der Waals surface area contributed by atoms with Gasteiger partial charge in [0.2, 0.25) is 0 Å². The summed E-state index contributed by atoms with van der Waals surface area (Å²) in [5, 5.41) is 3.23. The number of urea groups is 1. The van der Waals surface area contributed by atoms with Gasteiger partial charge in [-0.1, -0.05) is 19.3 Å². The molecule has 3 heterocycles. The Morgan fingerprint density at radius 2 is 1.79 bits per heavy atom. The van der Waals surface area contributed by atoms with Gasteiger partial charge in [0.05, 0.1) is 19.3 Å². The van der Waals surface area contributed by atoms with Crippen molar-refractivity contribution in [2.45, 2.75) is 62.7 Å². The van der Waals surface area contributed by atoms with Crippen molar-refractivity contribution in [2.24, 2.45) is 0 Å². The van der Waals surface area contributed by atoms with Crippen LogP contribution in [-0.4, -0.2) is 79.5 Å². The Bertz CT molecular complexity index is 441. The van der Waals surface area contributed by atoms with Crippen LogP contribution in [0.15, 0.2) is 0 Å². The summed E-state index contributed by atoms with van der Waals surface area (Å²) >= 11 is 0. The maximum atomic E-state index is 12.4. The molecule has 6 heteroatoms. The summed E-state index contributed by atoms with van der Waals surface area (Å²) in [7, 11) is 0. The summed E-state index contributed by atoms with van der Waals surface area (Å²) in [5.41, 5.74) is 0.0480. The standard InChI is InChI=1S/C18H31N3O3/c22-17(19-15-4-2-1-3-5-15)21-10-8-20(9-11-21)12-16-6-7-18(24-16)13-23-14-18/h15-16H,1-14H2,(H,19,22). The van der Waals surface area contributed by atoms with Crippen LogP contribution < -0.4 is 5.32 Å². The zero-order valence-electron chi connectivity index (χ0n) is 14.7. The predicted octanol–water partition coefficient (Wildman–Crippen LogP) is 1.59. The van der Waals surface area contributed by atoms with Crippen molar-refractivity contribution in [3.05, 3.63) is 0 Å². The number of nitrogens with one attached hydrogen (secondary N) is 1. The van der Waals surface area contributed by atoms with Crippen molar-refractivity contribution in [2.75, 3.05) is 45.9 Å². The van der Waals surface area contributed by atoms with Crippen molar-refractivity contribution < 1.29 is 14.3 Å². The fraction of sp³-hybridized carbons (Fsp3) is 0.944. The van der Waals surface area contributed by atoms with Gasteiger partial charge in [-0.05, 0) is 25.7 Å². The molecule has 0 aromatic heterocycles. The Morgan fingerprint density at radius 1 is 1.04 bits per heavy atom. The molecule has 6 nitrogen and oxygen atoms in total. The second-order valence-electron chi connectivity index (χ2n) is 8.03. The molecule has 0 aromatic carbocycles. The second kappa shape index (κ2) is 7.18. The average molecular weight is 337 g/mol. The van der Waals surface area contributed by atoms with Crippen LogP contribution in [0.4, 0.5) is 4.79 Å². The maximum Gasteiger partial charge on any atom is 0.317 e. The molecule has 1 spiro atoms. The molecule has 1 unspecified atom stereocenters. The van der Waals surface area contributed by atoms with Crippen molar-refractivity contribution in [3.63, 3.8) is 0 Å². The Hall–Kier alpha value is -0.850. The molecule has 4 rings (SSSR count). The topological polar surface area (TPSA) is 54.0 Å². The minimum Gasteiger partial charge on any atom is -0.375 e. The zero-order chi connectivity index (χ0) is 16.4. The van der Waals surface area contributed by atoms with Gasteiger partial charge in [-0.15, -0.1) is 0 Å². The molecule has 0 radical (unpaired) electrons. The summed E-state index contributed by atoms with van der Waals surface area (Å²) in [6, 6.07) is 0.543. The van der Waals surface area contributed by atoms with E-state index in [9.17, 15) is 4.79 Å². The van der Waals surface area contributed by atoms with E-state index in [0.717, 1.165) is 71.6 Å². The van der Waals surface area contributed by atoms with Gasteiger partial charge in [0.25, 0.3) is 0 Å². The van der Waals surface area contributed by atoms with Gasteiger partial charge in [-0.2, -0.15) is 0 Å². The number of piperazine rings is 1. The highest BCUT2D eigenvalue weighted by Gasteiger charge is 2.46. The molecule has 24 heavy (non-hydrogen) atoms. The van der Waals surface area contributed by atoms with Gasteiger partial charge in [0, 0.05) is 38.8 Å². The summed E-state index contributed by atoms with van der Waals surface area (Å²) < 4.78 is 11.5. The first-order chi connectivity index (χ1) is 11.7. The third-order valence-electron chi connectivity index (χ3n) is 6.12. The summed E-state index contributed by atoms with van der Waals surface area (Å²) in [5.74, 6) is 0. The van der Waals surface area contributed by atoms with Crippen LogP contribution in [0.5, 0.6) is 0 Å². The van der Waals surface area contributed by atoms with E-state index in [1.807, 2.05) is 4.90 Å². The lowest BCUT2D eigenvalue weighted by Crippen LogP contribution is -2.55. The highest BCUT2D eigenvalue weighted by molar-refractivity contribution is 5.74. The molecule has 3 saturated heterocycles. The smallest absolute Gasteiger partial charge is 0.317 e. The van der Waals surface area contributed by atoms with E-state index in [0.29, 0.717) is 12.1 Å². The first kappa shape index (κ1) is 16.6. The van der Waals surface area contributed by atoms with Crippen LogP contribution in [0.2, 0.25) is 0 Å². The molecule has 1 aliphatic carbocycles. The van der Waals surface area contributed by atoms with Gasteiger partial charge in [0.15, 0.2) is 0 Å². The Balaban J connectivity index is 1.17. The van der Waals surface area contributed by atoms with E-state index < -0.39 is 0 Å². The number of rotatable bonds is 3. The molecular formula is C18H31N3O3. The van der Waals surface area contributed by atoms with E-state index in [4.69, 9.17) is 9.47 Å². The molecule has 4 aliphatic rings. The van der Waals surface area contributed by atoms with Gasteiger partial charge in [0.1, 0.15) is 5.60 Å². The average Bonchev–Trinajstić information content (AvgIpc) is 3.01. The number of hydrogen-bond donors (Lipinski definition) is 1. The summed E-state index contributed by atoms with van der Waals surface area (Å²) in [4.78, 5) is 16.8. The van der Waals surface area contributed by atoms with E-state index in [1.54, 1.807) is 0 Å². The molecule has 1 saturated carbocycles. The number of carbonyl (C=O) groups is 1. The molecule has 136 valence electrons. The lowest BCUT2D eigenvalue weighted by Gasteiger charge is -2.39. The molecule has 0 bridgehead atoms. The monoisotopic (exact) mass is 337 g/mol. The normalized spacial score (nSPS) is 31.2. The number of carbonyl (C=O) groups excluding carboxylic acids is 1. The molecule has 1 atom stereocenters. The maximum absolute atomic E-state index is 12.4. The van der Waals surface area contributed by atoms with Crippen LogP contribution in [0, 0.1) is 0 Å². The van der Waals surface area contributed by atoms with Gasteiger partial charge in [-0.3, -0.25) is 4.90 Å². The summed E-state index contributed by atoms with van der Waals surface area (Å²) in [6.07, 6.45) is 8.76. The largest absolute Gasteiger partial charge is 0.375 e. The minimum atomic E-state index is 0.0480. The Morgan fingerprint density at radius 3 is 2.42 bits per heavy atom. The molecule has 2 amide bonds. The fourth-order valence-electron chi connectivity index (χ4n) is 4.50. The lowest BCUT2D eigenvalue weighted by molar-refractivity contribution is -0.202. The first-order valence-corrected chi connectivity index (χ1v) is 9.76. The fourth-order valence-corrected chi connectivity index (χ4v) is 4.50. The molecule has 0 aromatic rings. The summed E-state index contributed by atoms with van der Waals surface area (Å²) in [6.45, 7) is 6.14. The molecular weight excluding hydrogens is 306 g/mol. The van der Waals surface area contributed by atoms with Crippen LogP contribution in [0.25, 0.3) is 0 Å². The van der Waals surface area contributed by atoms with E-state index in [1.165, 1.54) is 19.3 Å². The molecule has 1 N–H and O–H groups in total. The van der Waals surface area contributed by atoms with Crippen LogP contribution in [0.1, 0.15) is 44.9 Å².